The van der Waals surface area contributed by atoms with Gasteiger partial charge in [0, 0.05) is 13.1 Å². The Morgan fingerprint density at radius 2 is 2.05 bits per heavy atom. The molecule has 1 heterocycles. The van der Waals surface area contributed by atoms with Gasteiger partial charge in [-0.2, -0.15) is 0 Å². The highest BCUT2D eigenvalue weighted by atomic mass is 35.5. The molecule has 0 saturated heterocycles. The maximum Gasteiger partial charge on any atom is 0.271 e. The van der Waals surface area contributed by atoms with E-state index in [2.05, 4.69) is 36.4 Å². The van der Waals surface area contributed by atoms with E-state index in [0.717, 1.165) is 13.0 Å². The number of hydrogen-bond donors (Lipinski definition) is 2. The van der Waals surface area contributed by atoms with Crippen LogP contribution in [0.25, 0.3) is 0 Å². The number of hydrogen-bond acceptors (Lipinski definition) is 3. The van der Waals surface area contributed by atoms with E-state index in [-0.39, 0.29) is 17.0 Å². The lowest BCUT2D eigenvalue weighted by atomic mass is 9.90. The molecule has 4 nitrogen and oxygen atoms in total. The van der Waals surface area contributed by atoms with Gasteiger partial charge in [-0.1, -0.05) is 32.4 Å². The maximum absolute atomic E-state index is 12.1. The summed E-state index contributed by atoms with van der Waals surface area (Å²) in [5.41, 5.74) is 0.341. The molecule has 0 aliphatic rings. The van der Waals surface area contributed by atoms with Crippen molar-refractivity contribution in [2.24, 2.45) is 5.41 Å². The van der Waals surface area contributed by atoms with Crippen molar-refractivity contribution < 1.29 is 4.79 Å². The molecule has 1 rings (SSSR count). The van der Waals surface area contributed by atoms with Crippen LogP contribution in [0.3, 0.4) is 0 Å². The zero-order valence-electron chi connectivity index (χ0n) is 12.0. The van der Waals surface area contributed by atoms with Gasteiger partial charge in [-0.3, -0.25) is 4.79 Å². The van der Waals surface area contributed by atoms with Gasteiger partial charge in [-0.25, -0.2) is 4.98 Å². The third-order valence-electron chi connectivity index (χ3n) is 3.10. The molecule has 106 valence electrons. The van der Waals surface area contributed by atoms with Crippen molar-refractivity contribution in [2.45, 2.75) is 34.1 Å². The summed E-state index contributed by atoms with van der Waals surface area (Å²) < 4.78 is 0. The lowest BCUT2D eigenvalue weighted by Crippen LogP contribution is -2.34. The minimum Gasteiger partial charge on any atom is -0.370 e. The van der Waals surface area contributed by atoms with Gasteiger partial charge in [0.15, 0.2) is 0 Å². The molecule has 0 unspecified atom stereocenters. The van der Waals surface area contributed by atoms with Crippen molar-refractivity contribution in [3.63, 3.8) is 0 Å². The highest BCUT2D eigenvalue weighted by Crippen LogP contribution is 2.19. The van der Waals surface area contributed by atoms with Crippen molar-refractivity contribution in [1.29, 1.82) is 0 Å². The number of anilines is 1. The van der Waals surface area contributed by atoms with Crippen LogP contribution in [0.5, 0.6) is 0 Å². The van der Waals surface area contributed by atoms with E-state index in [4.69, 9.17) is 11.6 Å². The first-order valence-electron chi connectivity index (χ1n) is 6.58. The second kappa shape index (κ2) is 6.75. The van der Waals surface area contributed by atoms with Gasteiger partial charge >= 0.3 is 0 Å². The summed E-state index contributed by atoms with van der Waals surface area (Å²) >= 11 is 6.02. The molecule has 0 aromatic carbocycles. The Morgan fingerprint density at radius 3 is 2.63 bits per heavy atom. The Labute approximate surface area is 120 Å². The Kier molecular flexibility index (Phi) is 5.60. The number of pyridine rings is 1. The van der Waals surface area contributed by atoms with Crippen LogP contribution in [0.15, 0.2) is 12.1 Å². The van der Waals surface area contributed by atoms with E-state index in [1.807, 2.05) is 6.92 Å². The number of carbonyl (C=O) groups excluding carboxylic acids is 1. The van der Waals surface area contributed by atoms with Crippen LogP contribution in [0, 0.1) is 5.41 Å². The van der Waals surface area contributed by atoms with E-state index in [9.17, 15) is 4.79 Å². The van der Waals surface area contributed by atoms with Crippen LogP contribution in [-0.4, -0.2) is 24.0 Å². The van der Waals surface area contributed by atoms with Crippen LogP contribution in [-0.2, 0) is 0 Å². The monoisotopic (exact) mass is 283 g/mol. The first-order valence-corrected chi connectivity index (χ1v) is 6.96. The molecule has 5 heteroatoms. The average Bonchev–Trinajstić information content (AvgIpc) is 2.38. The largest absolute Gasteiger partial charge is 0.370 e. The maximum atomic E-state index is 12.1. The predicted octanol–water partition coefficient (Wildman–Crippen LogP) is 3.33. The molecule has 0 aliphatic heterocycles. The summed E-state index contributed by atoms with van der Waals surface area (Å²) in [5.74, 6) is 0.429. The molecule has 1 amide bonds. The summed E-state index contributed by atoms with van der Waals surface area (Å²) in [7, 11) is 0. The van der Waals surface area contributed by atoms with E-state index in [1.54, 1.807) is 12.1 Å². The summed E-state index contributed by atoms with van der Waals surface area (Å²) in [6.07, 6.45) is 0.992. The smallest absolute Gasteiger partial charge is 0.271 e. The predicted molar refractivity (Wildman–Crippen MR) is 79.8 cm³/mol. The van der Waals surface area contributed by atoms with Crippen molar-refractivity contribution in [3.05, 3.63) is 22.8 Å². The standard InChI is InChI=1S/C14H22ClN3O/c1-5-14(3,4)9-17-13(19)12-10(15)7-8-11(18-12)16-6-2/h7-8H,5-6,9H2,1-4H3,(H,16,18)(H,17,19). The van der Waals surface area contributed by atoms with Gasteiger partial charge in [0.2, 0.25) is 0 Å². The second-order valence-corrected chi connectivity index (χ2v) is 5.66. The average molecular weight is 284 g/mol. The van der Waals surface area contributed by atoms with E-state index >= 15 is 0 Å². The van der Waals surface area contributed by atoms with Gasteiger partial charge in [0.1, 0.15) is 11.5 Å². The number of aromatic nitrogens is 1. The first-order chi connectivity index (χ1) is 8.89. The van der Waals surface area contributed by atoms with Crippen molar-refractivity contribution in [1.82, 2.24) is 10.3 Å². The number of nitrogens with one attached hydrogen (secondary N) is 2. The van der Waals surface area contributed by atoms with Gasteiger partial charge in [-0.05, 0) is 30.9 Å². The SMILES string of the molecule is CCNc1ccc(Cl)c(C(=O)NCC(C)(C)CC)n1. The minimum absolute atomic E-state index is 0.0708. The molecule has 19 heavy (non-hydrogen) atoms. The summed E-state index contributed by atoms with van der Waals surface area (Å²) in [5, 5.41) is 6.32. The van der Waals surface area contributed by atoms with Crippen LogP contribution in [0.2, 0.25) is 5.02 Å². The van der Waals surface area contributed by atoms with E-state index < -0.39 is 0 Å². The second-order valence-electron chi connectivity index (χ2n) is 5.26. The fourth-order valence-electron chi connectivity index (χ4n) is 1.41. The summed E-state index contributed by atoms with van der Waals surface area (Å²) in [6, 6.07) is 3.45. The van der Waals surface area contributed by atoms with Crippen LogP contribution >= 0.6 is 11.6 Å². The Bertz CT molecular complexity index is 446. The summed E-state index contributed by atoms with van der Waals surface area (Å²) in [6.45, 7) is 9.64. The molecule has 0 fully saturated rings. The third kappa shape index (κ3) is 4.71. The molecule has 0 bridgehead atoms. The molecular weight excluding hydrogens is 262 g/mol. The lowest BCUT2D eigenvalue weighted by Gasteiger charge is -2.22. The van der Waals surface area contributed by atoms with Crippen LogP contribution < -0.4 is 10.6 Å². The van der Waals surface area contributed by atoms with Gasteiger partial charge in [-0.15, -0.1) is 0 Å². The van der Waals surface area contributed by atoms with Gasteiger partial charge < -0.3 is 10.6 Å². The number of halogens is 1. The fraction of sp³-hybridized carbons (Fsp3) is 0.571. The Hall–Kier alpha value is -1.29. The normalized spacial score (nSPS) is 11.2. The first kappa shape index (κ1) is 15.8. The molecule has 0 spiro atoms. The quantitative estimate of drug-likeness (QED) is 0.842. The van der Waals surface area contributed by atoms with E-state index in [0.29, 0.717) is 17.4 Å². The Morgan fingerprint density at radius 1 is 1.37 bits per heavy atom. The van der Waals surface area contributed by atoms with Crippen LogP contribution in [0.4, 0.5) is 5.82 Å². The molecule has 2 N–H and O–H groups in total. The Balaban J connectivity index is 2.78. The van der Waals surface area contributed by atoms with Crippen molar-refractivity contribution >= 4 is 23.3 Å². The highest BCUT2D eigenvalue weighted by molar-refractivity contribution is 6.33. The van der Waals surface area contributed by atoms with Crippen molar-refractivity contribution in [2.75, 3.05) is 18.4 Å². The topological polar surface area (TPSA) is 54.0 Å². The lowest BCUT2D eigenvalue weighted by molar-refractivity contribution is 0.0931. The fourth-order valence-corrected chi connectivity index (χ4v) is 1.60. The van der Waals surface area contributed by atoms with E-state index in [1.165, 1.54) is 0 Å². The summed E-state index contributed by atoms with van der Waals surface area (Å²) in [4.78, 5) is 16.3. The molecule has 0 saturated carbocycles. The number of carbonyl (C=O) groups is 1. The molecule has 0 aliphatic carbocycles. The minimum atomic E-state index is -0.230. The molecule has 0 atom stereocenters. The number of amides is 1. The third-order valence-corrected chi connectivity index (χ3v) is 3.41. The molecule has 1 aromatic rings. The molecule has 0 radical (unpaired) electrons. The molecule has 1 aromatic heterocycles. The number of nitrogens with zero attached hydrogens (tertiary/aromatic N) is 1. The molecular formula is C14H22ClN3O. The zero-order chi connectivity index (χ0) is 14.5. The van der Waals surface area contributed by atoms with Crippen molar-refractivity contribution in [3.8, 4) is 0 Å². The highest BCUT2D eigenvalue weighted by Gasteiger charge is 2.19. The van der Waals surface area contributed by atoms with Gasteiger partial charge in [0.05, 0.1) is 5.02 Å². The van der Waals surface area contributed by atoms with Crippen LogP contribution in [0.1, 0.15) is 44.6 Å². The zero-order valence-corrected chi connectivity index (χ0v) is 12.8. The number of rotatable bonds is 6. The van der Waals surface area contributed by atoms with Gasteiger partial charge in [0.25, 0.3) is 5.91 Å².